The SMILES string of the molecule is C=NN(C)c1ccccc1N=Nc1ccc(N(C)C)cc1. The number of nitrogens with zero attached hydrogens (tertiary/aromatic N) is 5. The van der Waals surface area contributed by atoms with Gasteiger partial charge in [-0.2, -0.15) is 10.2 Å². The van der Waals surface area contributed by atoms with E-state index in [4.69, 9.17) is 0 Å². The second kappa shape index (κ2) is 6.65. The Morgan fingerprint density at radius 2 is 1.52 bits per heavy atom. The number of benzene rings is 2. The fraction of sp³-hybridized carbons (Fsp3) is 0.188. The van der Waals surface area contributed by atoms with Gasteiger partial charge in [0.25, 0.3) is 0 Å². The summed E-state index contributed by atoms with van der Waals surface area (Å²) >= 11 is 0. The van der Waals surface area contributed by atoms with Crippen LogP contribution in [0.5, 0.6) is 0 Å². The zero-order valence-electron chi connectivity index (χ0n) is 12.6. The summed E-state index contributed by atoms with van der Waals surface area (Å²) in [5.74, 6) is 0. The highest BCUT2D eigenvalue weighted by atomic mass is 15.4. The molecule has 0 aromatic heterocycles. The monoisotopic (exact) mass is 281 g/mol. The van der Waals surface area contributed by atoms with Crippen molar-refractivity contribution in [3.05, 3.63) is 48.5 Å². The molecule has 5 nitrogen and oxygen atoms in total. The molecule has 0 saturated carbocycles. The van der Waals surface area contributed by atoms with Crippen molar-refractivity contribution in [2.75, 3.05) is 31.1 Å². The molecule has 0 fully saturated rings. The molecule has 0 aliphatic heterocycles. The molecular formula is C16H19N5. The molecule has 0 radical (unpaired) electrons. The van der Waals surface area contributed by atoms with Crippen molar-refractivity contribution < 1.29 is 0 Å². The van der Waals surface area contributed by atoms with Crippen LogP contribution in [0.15, 0.2) is 63.9 Å². The van der Waals surface area contributed by atoms with Gasteiger partial charge in [0.15, 0.2) is 0 Å². The molecular weight excluding hydrogens is 262 g/mol. The average molecular weight is 281 g/mol. The molecule has 0 amide bonds. The lowest BCUT2D eigenvalue weighted by atomic mass is 10.2. The lowest BCUT2D eigenvalue weighted by molar-refractivity contribution is 1.02. The molecule has 0 bridgehead atoms. The maximum Gasteiger partial charge on any atom is 0.111 e. The fourth-order valence-corrected chi connectivity index (χ4v) is 1.83. The van der Waals surface area contributed by atoms with Crippen LogP contribution in [0.1, 0.15) is 0 Å². The van der Waals surface area contributed by atoms with Crippen LogP contribution in [0.25, 0.3) is 0 Å². The second-order valence-electron chi connectivity index (χ2n) is 4.76. The molecule has 0 saturated heterocycles. The average Bonchev–Trinajstić information content (AvgIpc) is 2.52. The molecule has 0 atom stereocenters. The Balaban J connectivity index is 2.23. The highest BCUT2D eigenvalue weighted by Crippen LogP contribution is 2.29. The van der Waals surface area contributed by atoms with E-state index in [2.05, 4.69) is 22.0 Å². The maximum atomic E-state index is 4.30. The number of rotatable bonds is 5. The van der Waals surface area contributed by atoms with Crippen LogP contribution in [0.2, 0.25) is 0 Å². The van der Waals surface area contributed by atoms with E-state index in [0.29, 0.717) is 0 Å². The van der Waals surface area contributed by atoms with E-state index in [1.807, 2.05) is 74.6 Å². The van der Waals surface area contributed by atoms with E-state index in [1.54, 1.807) is 5.01 Å². The summed E-state index contributed by atoms with van der Waals surface area (Å²) in [5.41, 5.74) is 3.56. The maximum absolute atomic E-state index is 4.30. The van der Waals surface area contributed by atoms with Gasteiger partial charge in [0.2, 0.25) is 0 Å². The van der Waals surface area contributed by atoms with Crippen molar-refractivity contribution in [2.45, 2.75) is 0 Å². The van der Waals surface area contributed by atoms with Crippen LogP contribution >= 0.6 is 0 Å². The van der Waals surface area contributed by atoms with Gasteiger partial charge in [-0.25, -0.2) is 0 Å². The van der Waals surface area contributed by atoms with Crippen LogP contribution in [0, 0.1) is 0 Å². The first-order valence-electron chi connectivity index (χ1n) is 6.60. The minimum absolute atomic E-state index is 0.754. The topological polar surface area (TPSA) is 43.6 Å². The summed E-state index contributed by atoms with van der Waals surface area (Å²) in [6, 6.07) is 15.6. The van der Waals surface area contributed by atoms with E-state index in [9.17, 15) is 0 Å². The zero-order valence-corrected chi connectivity index (χ0v) is 12.6. The Morgan fingerprint density at radius 3 is 2.14 bits per heavy atom. The summed E-state index contributed by atoms with van der Waals surface area (Å²) < 4.78 is 0. The van der Waals surface area contributed by atoms with E-state index in [-0.39, 0.29) is 0 Å². The molecule has 108 valence electrons. The molecule has 2 rings (SSSR count). The van der Waals surface area contributed by atoms with Gasteiger partial charge in [0, 0.05) is 33.5 Å². The Bertz CT molecular complexity index is 631. The minimum atomic E-state index is 0.754. The molecule has 0 N–H and O–H groups in total. The number of hydrazone groups is 1. The van der Waals surface area contributed by atoms with Crippen LogP contribution in [0.4, 0.5) is 22.7 Å². The van der Waals surface area contributed by atoms with Gasteiger partial charge in [-0.1, -0.05) is 12.1 Å². The van der Waals surface area contributed by atoms with Crippen LogP contribution in [-0.4, -0.2) is 27.9 Å². The summed E-state index contributed by atoms with van der Waals surface area (Å²) in [4.78, 5) is 2.04. The Hall–Kier alpha value is -2.69. The van der Waals surface area contributed by atoms with Gasteiger partial charge in [-0.15, -0.1) is 5.11 Å². The predicted molar refractivity (Wildman–Crippen MR) is 89.3 cm³/mol. The van der Waals surface area contributed by atoms with Crippen molar-refractivity contribution >= 4 is 29.5 Å². The van der Waals surface area contributed by atoms with Crippen LogP contribution < -0.4 is 9.91 Å². The first-order valence-corrected chi connectivity index (χ1v) is 6.60. The van der Waals surface area contributed by atoms with Crippen molar-refractivity contribution in [1.82, 2.24) is 0 Å². The first kappa shape index (κ1) is 14.7. The van der Waals surface area contributed by atoms with Crippen molar-refractivity contribution in [1.29, 1.82) is 0 Å². The minimum Gasteiger partial charge on any atom is -0.378 e. The number of hydrogen-bond acceptors (Lipinski definition) is 5. The quantitative estimate of drug-likeness (QED) is 0.468. The van der Waals surface area contributed by atoms with Gasteiger partial charge < -0.3 is 4.90 Å². The van der Waals surface area contributed by atoms with Crippen molar-refractivity contribution in [3.63, 3.8) is 0 Å². The number of para-hydroxylation sites is 1. The largest absolute Gasteiger partial charge is 0.378 e. The van der Waals surface area contributed by atoms with Crippen LogP contribution in [0.3, 0.4) is 0 Å². The molecule has 2 aromatic carbocycles. The molecule has 0 heterocycles. The van der Waals surface area contributed by atoms with Gasteiger partial charge >= 0.3 is 0 Å². The summed E-state index contributed by atoms with van der Waals surface area (Å²) in [6.07, 6.45) is 0. The van der Waals surface area contributed by atoms with E-state index in [0.717, 1.165) is 22.7 Å². The Morgan fingerprint density at radius 1 is 0.857 bits per heavy atom. The fourth-order valence-electron chi connectivity index (χ4n) is 1.83. The van der Waals surface area contributed by atoms with Crippen LogP contribution in [-0.2, 0) is 0 Å². The van der Waals surface area contributed by atoms with Gasteiger partial charge in [0.1, 0.15) is 5.69 Å². The lowest BCUT2D eigenvalue weighted by Crippen LogP contribution is -2.07. The van der Waals surface area contributed by atoms with Gasteiger partial charge in [0.05, 0.1) is 11.4 Å². The molecule has 0 unspecified atom stereocenters. The van der Waals surface area contributed by atoms with Gasteiger partial charge in [-0.3, -0.25) is 5.01 Å². The molecule has 0 aliphatic carbocycles. The Kier molecular flexibility index (Phi) is 4.66. The molecule has 2 aromatic rings. The second-order valence-corrected chi connectivity index (χ2v) is 4.76. The smallest absolute Gasteiger partial charge is 0.111 e. The third kappa shape index (κ3) is 3.66. The Labute approximate surface area is 125 Å². The summed E-state index contributed by atoms with van der Waals surface area (Å²) in [5, 5.41) is 14.1. The third-order valence-corrected chi connectivity index (χ3v) is 3.08. The number of hydrogen-bond donors (Lipinski definition) is 0. The highest BCUT2D eigenvalue weighted by molar-refractivity contribution is 5.66. The van der Waals surface area contributed by atoms with E-state index >= 15 is 0 Å². The normalized spacial score (nSPS) is 10.6. The first-order chi connectivity index (χ1) is 10.1. The summed E-state index contributed by atoms with van der Waals surface area (Å²) in [6.45, 7) is 3.52. The standard InChI is InChI=1S/C16H19N5/c1-17-21(4)16-8-6-5-7-15(16)19-18-13-9-11-14(12-10-13)20(2)3/h5-12H,1H2,2-4H3. The molecule has 21 heavy (non-hydrogen) atoms. The zero-order chi connectivity index (χ0) is 15.2. The highest BCUT2D eigenvalue weighted by Gasteiger charge is 2.04. The molecule has 0 spiro atoms. The van der Waals surface area contributed by atoms with Gasteiger partial charge in [-0.05, 0) is 36.4 Å². The van der Waals surface area contributed by atoms with E-state index in [1.165, 1.54) is 0 Å². The van der Waals surface area contributed by atoms with Crippen molar-refractivity contribution in [2.24, 2.45) is 15.3 Å². The number of anilines is 2. The summed E-state index contributed by atoms with van der Waals surface area (Å²) in [7, 11) is 5.84. The molecule has 0 aliphatic rings. The molecule has 5 heteroatoms. The lowest BCUT2D eigenvalue weighted by Gasteiger charge is -2.13. The predicted octanol–water partition coefficient (Wildman–Crippen LogP) is 4.22. The number of azo groups is 1. The van der Waals surface area contributed by atoms with E-state index < -0.39 is 0 Å². The third-order valence-electron chi connectivity index (χ3n) is 3.08. The van der Waals surface area contributed by atoms with Crippen molar-refractivity contribution in [3.8, 4) is 0 Å².